The minimum atomic E-state index is 0.00792. The lowest BCUT2D eigenvalue weighted by molar-refractivity contribution is 0.0953. The molecule has 19 heavy (non-hydrogen) atoms. The van der Waals surface area contributed by atoms with Gasteiger partial charge in [-0.3, -0.25) is 4.79 Å². The Balaban J connectivity index is 2.39. The number of hydrogen-bond acceptors (Lipinski definition) is 3. The number of unbranched alkanes of at least 4 members (excludes halogenated alkanes) is 1. The number of carbonyl (C=O) groups is 1. The topological polar surface area (TPSA) is 35.6 Å². The highest BCUT2D eigenvalue weighted by Gasteiger charge is 2.06. The molecule has 0 atom stereocenters. The monoisotopic (exact) mass is 263 g/mol. The molecule has 0 fully saturated rings. The number of rotatable bonds is 7. The molecule has 0 unspecified atom stereocenters. The first kappa shape index (κ1) is 15.5. The molecule has 1 aromatic rings. The van der Waals surface area contributed by atoms with Crippen molar-refractivity contribution in [3.8, 4) is 0 Å². The van der Waals surface area contributed by atoms with Crippen LogP contribution in [-0.2, 0) is 0 Å². The zero-order valence-electron chi connectivity index (χ0n) is 12.4. The van der Waals surface area contributed by atoms with Crippen molar-refractivity contribution in [2.75, 3.05) is 46.2 Å². The van der Waals surface area contributed by atoms with E-state index in [0.717, 1.165) is 37.2 Å². The summed E-state index contributed by atoms with van der Waals surface area (Å²) in [6.45, 7) is 1.80. The number of nitrogens with zero attached hydrogens (tertiary/aromatic N) is 2. The normalized spacial score (nSPS) is 10.6. The molecule has 0 bridgehead atoms. The van der Waals surface area contributed by atoms with Crippen molar-refractivity contribution in [2.24, 2.45) is 0 Å². The van der Waals surface area contributed by atoms with E-state index in [2.05, 4.69) is 24.3 Å². The molecule has 0 heterocycles. The largest absolute Gasteiger partial charge is 0.378 e. The second-order valence-corrected chi connectivity index (χ2v) is 5.21. The molecule has 1 rings (SSSR count). The molecular weight excluding hydrogens is 238 g/mol. The third-order valence-corrected chi connectivity index (χ3v) is 2.94. The van der Waals surface area contributed by atoms with Gasteiger partial charge in [-0.2, -0.15) is 0 Å². The van der Waals surface area contributed by atoms with Gasteiger partial charge in [0, 0.05) is 31.9 Å². The summed E-state index contributed by atoms with van der Waals surface area (Å²) in [4.78, 5) is 16.1. The molecule has 0 radical (unpaired) electrons. The molecule has 0 aliphatic heterocycles. The Morgan fingerprint density at radius 2 is 1.89 bits per heavy atom. The van der Waals surface area contributed by atoms with E-state index in [9.17, 15) is 4.79 Å². The Bertz CT molecular complexity index is 402. The number of nitrogens with one attached hydrogen (secondary N) is 1. The van der Waals surface area contributed by atoms with Crippen LogP contribution in [0.15, 0.2) is 24.3 Å². The minimum Gasteiger partial charge on any atom is -0.378 e. The van der Waals surface area contributed by atoms with Crippen molar-refractivity contribution in [1.29, 1.82) is 0 Å². The van der Waals surface area contributed by atoms with Crippen molar-refractivity contribution >= 4 is 11.6 Å². The average Bonchev–Trinajstić information content (AvgIpc) is 2.37. The van der Waals surface area contributed by atoms with E-state index < -0.39 is 0 Å². The molecule has 1 N–H and O–H groups in total. The van der Waals surface area contributed by atoms with Crippen LogP contribution in [-0.4, -0.2) is 52.1 Å². The number of benzene rings is 1. The van der Waals surface area contributed by atoms with Crippen LogP contribution in [0.5, 0.6) is 0 Å². The summed E-state index contributed by atoms with van der Waals surface area (Å²) in [5, 5.41) is 2.96. The second kappa shape index (κ2) is 7.79. The van der Waals surface area contributed by atoms with E-state index in [1.165, 1.54) is 0 Å². The highest BCUT2D eigenvalue weighted by molar-refractivity contribution is 5.95. The lowest BCUT2D eigenvalue weighted by Gasteiger charge is -2.13. The van der Waals surface area contributed by atoms with Gasteiger partial charge in [0.05, 0.1) is 0 Å². The zero-order chi connectivity index (χ0) is 14.3. The molecule has 0 aromatic heterocycles. The zero-order valence-corrected chi connectivity index (χ0v) is 12.4. The van der Waals surface area contributed by atoms with E-state index in [-0.39, 0.29) is 5.91 Å². The first-order chi connectivity index (χ1) is 9.00. The van der Waals surface area contributed by atoms with Gasteiger partial charge in [0.25, 0.3) is 5.91 Å². The second-order valence-electron chi connectivity index (χ2n) is 5.21. The van der Waals surface area contributed by atoms with Gasteiger partial charge in [-0.25, -0.2) is 0 Å². The molecule has 1 aromatic carbocycles. The maximum absolute atomic E-state index is 12.0. The van der Waals surface area contributed by atoms with Crippen LogP contribution in [0.25, 0.3) is 0 Å². The van der Waals surface area contributed by atoms with Crippen molar-refractivity contribution in [2.45, 2.75) is 12.8 Å². The Labute approximate surface area is 116 Å². The lowest BCUT2D eigenvalue weighted by Crippen LogP contribution is -2.25. The first-order valence-electron chi connectivity index (χ1n) is 6.71. The summed E-state index contributed by atoms with van der Waals surface area (Å²) in [7, 11) is 8.06. The molecule has 4 heteroatoms. The Morgan fingerprint density at radius 3 is 2.53 bits per heavy atom. The van der Waals surface area contributed by atoms with Crippen LogP contribution in [0.3, 0.4) is 0 Å². The van der Waals surface area contributed by atoms with E-state index in [1.807, 2.05) is 43.3 Å². The number of carbonyl (C=O) groups excluding carboxylic acids is 1. The van der Waals surface area contributed by atoms with Crippen LogP contribution in [0, 0.1) is 0 Å². The van der Waals surface area contributed by atoms with Crippen LogP contribution in [0.1, 0.15) is 23.2 Å². The molecule has 0 saturated heterocycles. The molecule has 4 nitrogen and oxygen atoms in total. The Morgan fingerprint density at radius 1 is 1.16 bits per heavy atom. The lowest BCUT2D eigenvalue weighted by atomic mass is 10.1. The van der Waals surface area contributed by atoms with Crippen LogP contribution in [0.2, 0.25) is 0 Å². The Hall–Kier alpha value is -1.55. The smallest absolute Gasteiger partial charge is 0.251 e. The van der Waals surface area contributed by atoms with E-state index in [0.29, 0.717) is 0 Å². The maximum Gasteiger partial charge on any atom is 0.251 e. The molecule has 106 valence electrons. The van der Waals surface area contributed by atoms with Gasteiger partial charge in [0.15, 0.2) is 0 Å². The molecule has 0 aliphatic rings. The van der Waals surface area contributed by atoms with Crippen molar-refractivity contribution in [3.63, 3.8) is 0 Å². The molecular formula is C15H25N3O. The van der Waals surface area contributed by atoms with Gasteiger partial charge in [0.1, 0.15) is 0 Å². The van der Waals surface area contributed by atoms with Crippen molar-refractivity contribution in [3.05, 3.63) is 29.8 Å². The predicted octanol–water partition coefficient (Wildman–Crippen LogP) is 1.82. The first-order valence-corrected chi connectivity index (χ1v) is 6.71. The third-order valence-electron chi connectivity index (χ3n) is 2.94. The third kappa shape index (κ3) is 5.75. The van der Waals surface area contributed by atoms with Crippen LogP contribution in [0.4, 0.5) is 5.69 Å². The quantitative estimate of drug-likeness (QED) is 0.762. The van der Waals surface area contributed by atoms with E-state index in [4.69, 9.17) is 0 Å². The number of anilines is 1. The fourth-order valence-electron chi connectivity index (χ4n) is 1.78. The van der Waals surface area contributed by atoms with Gasteiger partial charge in [-0.05, 0) is 51.7 Å². The summed E-state index contributed by atoms with van der Waals surface area (Å²) < 4.78 is 0. The summed E-state index contributed by atoms with van der Waals surface area (Å²) in [5.41, 5.74) is 1.76. The van der Waals surface area contributed by atoms with E-state index >= 15 is 0 Å². The van der Waals surface area contributed by atoms with Crippen LogP contribution < -0.4 is 10.2 Å². The minimum absolute atomic E-state index is 0.00792. The number of amides is 1. The van der Waals surface area contributed by atoms with E-state index in [1.54, 1.807) is 0 Å². The molecule has 0 aliphatic carbocycles. The molecule has 0 spiro atoms. The maximum atomic E-state index is 12.0. The molecule has 1 amide bonds. The standard InChI is InChI=1S/C15H25N3O/c1-17(2)11-6-5-10-16-15(19)13-8-7-9-14(12-13)18(3)4/h7-9,12H,5-6,10-11H2,1-4H3,(H,16,19). The average molecular weight is 263 g/mol. The fourth-order valence-corrected chi connectivity index (χ4v) is 1.78. The highest BCUT2D eigenvalue weighted by Crippen LogP contribution is 2.13. The summed E-state index contributed by atoms with van der Waals surface area (Å²) >= 11 is 0. The predicted molar refractivity (Wildman–Crippen MR) is 80.9 cm³/mol. The van der Waals surface area contributed by atoms with Gasteiger partial charge < -0.3 is 15.1 Å². The van der Waals surface area contributed by atoms with Gasteiger partial charge in [-0.1, -0.05) is 6.07 Å². The van der Waals surface area contributed by atoms with Gasteiger partial charge in [-0.15, -0.1) is 0 Å². The van der Waals surface area contributed by atoms with Crippen molar-refractivity contribution < 1.29 is 4.79 Å². The highest BCUT2D eigenvalue weighted by atomic mass is 16.1. The fraction of sp³-hybridized carbons (Fsp3) is 0.533. The SMILES string of the molecule is CN(C)CCCCNC(=O)c1cccc(N(C)C)c1. The van der Waals surface area contributed by atoms with Crippen LogP contribution >= 0.6 is 0 Å². The summed E-state index contributed by atoms with van der Waals surface area (Å²) in [6, 6.07) is 7.67. The van der Waals surface area contributed by atoms with Gasteiger partial charge in [0.2, 0.25) is 0 Å². The Kier molecular flexibility index (Phi) is 6.36. The number of hydrogen-bond donors (Lipinski definition) is 1. The summed E-state index contributed by atoms with van der Waals surface area (Å²) in [5.74, 6) is 0.00792. The van der Waals surface area contributed by atoms with Gasteiger partial charge >= 0.3 is 0 Å². The van der Waals surface area contributed by atoms with Crippen molar-refractivity contribution in [1.82, 2.24) is 10.2 Å². The summed E-state index contributed by atoms with van der Waals surface area (Å²) in [6.07, 6.45) is 2.11. The molecule has 0 saturated carbocycles.